The maximum absolute atomic E-state index is 5.56. The Morgan fingerprint density at radius 3 is 2.22 bits per heavy atom. The molecule has 5 heteroatoms. The van der Waals surface area contributed by atoms with Gasteiger partial charge in [0.15, 0.2) is 0 Å². The molecule has 1 aliphatic heterocycles. The summed E-state index contributed by atoms with van der Waals surface area (Å²) in [6, 6.07) is 1.94. The van der Waals surface area contributed by atoms with Gasteiger partial charge in [-0.15, -0.1) is 0 Å². The number of hydrogen-bond donors (Lipinski definition) is 0. The van der Waals surface area contributed by atoms with E-state index in [2.05, 4.69) is 30.8 Å². The quantitative estimate of drug-likeness (QED) is 0.670. The first kappa shape index (κ1) is 16.4. The maximum Gasteiger partial charge on any atom is 0.334 e. The van der Waals surface area contributed by atoms with Gasteiger partial charge >= 0.3 is 8.56 Å². The van der Waals surface area contributed by atoms with Crippen LogP contribution in [0.5, 0.6) is 0 Å². The predicted octanol–water partition coefficient (Wildman–Crippen LogP) is 3.43. The van der Waals surface area contributed by atoms with Crippen LogP contribution in [0.3, 0.4) is 0 Å². The molecule has 1 heterocycles. The highest BCUT2D eigenvalue weighted by Gasteiger charge is 2.35. The highest BCUT2D eigenvalue weighted by atomic mass is 28.4. The van der Waals surface area contributed by atoms with Crippen LogP contribution in [0.25, 0.3) is 0 Å². The molecule has 0 radical (unpaired) electrons. The summed E-state index contributed by atoms with van der Waals surface area (Å²) in [5, 5.41) is 0. The highest BCUT2D eigenvalue weighted by Crippen LogP contribution is 2.28. The van der Waals surface area contributed by atoms with Crippen LogP contribution in [0.4, 0.5) is 0 Å². The molecule has 0 aliphatic carbocycles. The minimum absolute atomic E-state index is 0.823. The zero-order valence-electron chi connectivity index (χ0n) is 13.1. The van der Waals surface area contributed by atoms with Crippen molar-refractivity contribution < 1.29 is 8.85 Å². The van der Waals surface area contributed by atoms with E-state index in [0.717, 1.165) is 12.1 Å². The largest absolute Gasteiger partial charge is 0.398 e. The lowest BCUT2D eigenvalue weighted by atomic mass is 10.1. The standard InChI is InChI=1S/C13H31NO2Si2/c1-15-18(6,16-2)12-8-10-13-9-7-11-14(13)17(3,4)5/h13H,7-12H2,1-6H3. The van der Waals surface area contributed by atoms with Gasteiger partial charge in [0.2, 0.25) is 0 Å². The third-order valence-electron chi connectivity index (χ3n) is 4.27. The first-order valence-corrected chi connectivity index (χ1v) is 13.2. The van der Waals surface area contributed by atoms with Gasteiger partial charge in [-0.1, -0.05) is 19.6 Å². The second-order valence-electron chi connectivity index (χ2n) is 6.59. The van der Waals surface area contributed by atoms with Crippen LogP contribution < -0.4 is 0 Å². The van der Waals surface area contributed by atoms with Gasteiger partial charge in [-0.3, -0.25) is 0 Å². The summed E-state index contributed by atoms with van der Waals surface area (Å²) in [7, 11) is 0.621. The molecule has 0 aromatic rings. The Hall–Kier alpha value is 0.314. The second-order valence-corrected chi connectivity index (χ2v) is 15.1. The summed E-state index contributed by atoms with van der Waals surface area (Å²) in [4.78, 5) is 0. The van der Waals surface area contributed by atoms with Crippen molar-refractivity contribution in [2.75, 3.05) is 20.8 Å². The molecule has 0 amide bonds. The number of nitrogens with zero attached hydrogens (tertiary/aromatic N) is 1. The lowest BCUT2D eigenvalue weighted by Gasteiger charge is -2.36. The summed E-state index contributed by atoms with van der Waals surface area (Å²) < 4.78 is 13.9. The third-order valence-corrected chi connectivity index (χ3v) is 9.57. The first-order valence-electron chi connectivity index (χ1n) is 7.19. The lowest BCUT2D eigenvalue weighted by Crippen LogP contribution is -2.48. The van der Waals surface area contributed by atoms with E-state index in [0.29, 0.717) is 0 Å². The molecule has 0 N–H and O–H groups in total. The SMILES string of the molecule is CO[Si](C)(CCCC1CCCN1[Si](C)(C)C)OC. The highest BCUT2D eigenvalue weighted by molar-refractivity contribution is 6.73. The van der Waals surface area contributed by atoms with Gasteiger partial charge in [-0.05, 0) is 44.8 Å². The van der Waals surface area contributed by atoms with Gasteiger partial charge in [0.1, 0.15) is 8.24 Å². The van der Waals surface area contributed by atoms with Crippen LogP contribution in [0.2, 0.25) is 32.2 Å². The van der Waals surface area contributed by atoms with Crippen LogP contribution in [0, 0.1) is 0 Å². The Morgan fingerprint density at radius 2 is 1.72 bits per heavy atom. The van der Waals surface area contributed by atoms with E-state index in [9.17, 15) is 0 Å². The Labute approximate surface area is 115 Å². The Kier molecular flexibility index (Phi) is 6.05. The molecule has 0 aromatic carbocycles. The molecule has 0 spiro atoms. The summed E-state index contributed by atoms with van der Waals surface area (Å²) >= 11 is 0. The van der Waals surface area contributed by atoms with Crippen molar-refractivity contribution in [3.8, 4) is 0 Å². The zero-order chi connectivity index (χ0) is 13.8. The van der Waals surface area contributed by atoms with E-state index in [4.69, 9.17) is 8.85 Å². The molecule has 0 bridgehead atoms. The molecule has 3 nitrogen and oxygen atoms in total. The van der Waals surface area contributed by atoms with Gasteiger partial charge < -0.3 is 13.4 Å². The number of rotatable bonds is 7. The van der Waals surface area contributed by atoms with Crippen molar-refractivity contribution in [2.24, 2.45) is 0 Å². The van der Waals surface area contributed by atoms with Gasteiger partial charge in [-0.25, -0.2) is 0 Å². The summed E-state index contributed by atoms with van der Waals surface area (Å²) in [6.07, 6.45) is 5.34. The van der Waals surface area contributed by atoms with Crippen molar-refractivity contribution in [2.45, 2.75) is 64.0 Å². The Bertz CT molecular complexity index is 252. The van der Waals surface area contributed by atoms with Gasteiger partial charge in [0.05, 0.1) is 0 Å². The van der Waals surface area contributed by atoms with Gasteiger partial charge in [0.25, 0.3) is 0 Å². The van der Waals surface area contributed by atoms with Crippen LogP contribution in [-0.2, 0) is 8.85 Å². The molecular formula is C13H31NO2Si2. The van der Waals surface area contributed by atoms with E-state index in [1.165, 1.54) is 32.2 Å². The zero-order valence-corrected chi connectivity index (χ0v) is 15.1. The lowest BCUT2D eigenvalue weighted by molar-refractivity contribution is 0.246. The predicted molar refractivity (Wildman–Crippen MR) is 82.8 cm³/mol. The van der Waals surface area contributed by atoms with E-state index in [1.807, 2.05) is 0 Å². The molecular weight excluding hydrogens is 258 g/mol. The van der Waals surface area contributed by atoms with Gasteiger partial charge in [-0.2, -0.15) is 0 Å². The monoisotopic (exact) mass is 289 g/mol. The van der Waals surface area contributed by atoms with E-state index in [1.54, 1.807) is 14.2 Å². The average molecular weight is 290 g/mol. The fourth-order valence-corrected chi connectivity index (χ4v) is 6.57. The third kappa shape index (κ3) is 4.45. The molecule has 1 saturated heterocycles. The van der Waals surface area contributed by atoms with Crippen molar-refractivity contribution in [3.63, 3.8) is 0 Å². The Morgan fingerprint density at radius 1 is 1.11 bits per heavy atom. The molecule has 1 aliphatic rings. The normalized spacial score (nSPS) is 22.7. The van der Waals surface area contributed by atoms with E-state index >= 15 is 0 Å². The molecule has 1 fully saturated rings. The fourth-order valence-electron chi connectivity index (χ4n) is 2.97. The van der Waals surface area contributed by atoms with E-state index in [-0.39, 0.29) is 0 Å². The second kappa shape index (κ2) is 6.65. The topological polar surface area (TPSA) is 21.7 Å². The van der Waals surface area contributed by atoms with Gasteiger partial charge in [0, 0.05) is 20.3 Å². The van der Waals surface area contributed by atoms with Crippen molar-refractivity contribution in [1.29, 1.82) is 0 Å². The summed E-state index contributed by atoms with van der Waals surface area (Å²) in [5.41, 5.74) is 0. The van der Waals surface area contributed by atoms with Crippen LogP contribution >= 0.6 is 0 Å². The van der Waals surface area contributed by atoms with Crippen LogP contribution in [-0.4, -0.2) is 48.2 Å². The first-order chi connectivity index (χ1) is 8.32. The molecule has 0 saturated carbocycles. The van der Waals surface area contributed by atoms with Crippen LogP contribution in [0.1, 0.15) is 25.7 Å². The van der Waals surface area contributed by atoms with Crippen LogP contribution in [0.15, 0.2) is 0 Å². The average Bonchev–Trinajstić information content (AvgIpc) is 2.77. The number of hydrogen-bond acceptors (Lipinski definition) is 3. The Balaban J connectivity index is 2.39. The minimum atomic E-state index is -1.84. The van der Waals surface area contributed by atoms with Crippen molar-refractivity contribution in [1.82, 2.24) is 4.57 Å². The summed E-state index contributed by atoms with van der Waals surface area (Å²) in [6.45, 7) is 10.9. The smallest absolute Gasteiger partial charge is 0.334 e. The van der Waals surface area contributed by atoms with Crippen molar-refractivity contribution >= 4 is 16.8 Å². The van der Waals surface area contributed by atoms with Crippen molar-refractivity contribution in [3.05, 3.63) is 0 Å². The molecule has 108 valence electrons. The molecule has 1 atom stereocenters. The molecule has 1 unspecified atom stereocenters. The molecule has 1 rings (SSSR count). The minimum Gasteiger partial charge on any atom is -0.398 e. The fraction of sp³-hybridized carbons (Fsp3) is 1.00. The summed E-state index contributed by atoms with van der Waals surface area (Å²) in [5.74, 6) is 0. The maximum atomic E-state index is 5.56. The molecule has 18 heavy (non-hydrogen) atoms. The van der Waals surface area contributed by atoms with E-state index < -0.39 is 16.8 Å². The molecule has 0 aromatic heterocycles.